The molecule has 0 amide bonds. The number of rotatable bonds is 2. The number of carbonyl (C=O) groups is 1. The second kappa shape index (κ2) is 5.03. The average molecular weight is 253 g/mol. The highest BCUT2D eigenvalue weighted by atomic mass is 19.1. The fourth-order valence-corrected chi connectivity index (χ4v) is 1.98. The molecule has 0 saturated heterocycles. The van der Waals surface area contributed by atoms with E-state index in [1.54, 1.807) is 31.2 Å². The van der Waals surface area contributed by atoms with Gasteiger partial charge in [0.15, 0.2) is 5.78 Å². The first kappa shape index (κ1) is 13.0. The van der Waals surface area contributed by atoms with Crippen molar-refractivity contribution in [1.82, 2.24) is 0 Å². The molecule has 0 spiro atoms. The lowest BCUT2D eigenvalue weighted by molar-refractivity contribution is 0.101. The van der Waals surface area contributed by atoms with E-state index in [2.05, 4.69) is 0 Å². The van der Waals surface area contributed by atoms with Gasteiger partial charge in [-0.1, -0.05) is 18.2 Å². The number of Topliss-reactive ketones (excluding diaryl/α,β-unsaturated/α-hetero) is 1. The van der Waals surface area contributed by atoms with Crippen LogP contribution in [0.5, 0.6) is 0 Å². The van der Waals surface area contributed by atoms with Gasteiger partial charge < -0.3 is 0 Å². The standard InChI is InChI=1S/C16H12FNO/c1-10-7-13(11(2)19)8-15(16(10)17)14-6-4-3-5-12(14)9-18/h3-8H,1-2H3. The minimum Gasteiger partial charge on any atom is -0.295 e. The van der Waals surface area contributed by atoms with Gasteiger partial charge in [-0.15, -0.1) is 0 Å². The molecule has 2 aromatic rings. The number of benzene rings is 2. The first-order chi connectivity index (χ1) is 9.04. The Bertz CT molecular complexity index is 698. The number of nitriles is 1. The van der Waals surface area contributed by atoms with Crippen LogP contribution >= 0.6 is 0 Å². The molecular formula is C16H12FNO. The third kappa shape index (κ3) is 2.38. The van der Waals surface area contributed by atoms with Crippen molar-refractivity contribution < 1.29 is 9.18 Å². The maximum absolute atomic E-state index is 14.2. The van der Waals surface area contributed by atoms with Gasteiger partial charge in [-0.25, -0.2) is 4.39 Å². The van der Waals surface area contributed by atoms with Gasteiger partial charge in [0.1, 0.15) is 5.82 Å². The van der Waals surface area contributed by atoms with Crippen LogP contribution in [0.3, 0.4) is 0 Å². The molecule has 0 aliphatic rings. The quantitative estimate of drug-likeness (QED) is 0.762. The smallest absolute Gasteiger partial charge is 0.159 e. The molecule has 0 N–H and O–H groups in total. The van der Waals surface area contributed by atoms with E-state index in [0.717, 1.165) is 0 Å². The summed E-state index contributed by atoms with van der Waals surface area (Å²) in [5.41, 5.74) is 2.04. The van der Waals surface area contributed by atoms with Crippen molar-refractivity contribution in [1.29, 1.82) is 5.26 Å². The lowest BCUT2D eigenvalue weighted by Gasteiger charge is -2.09. The highest BCUT2D eigenvalue weighted by molar-refractivity contribution is 5.95. The van der Waals surface area contributed by atoms with E-state index in [1.807, 2.05) is 6.07 Å². The summed E-state index contributed by atoms with van der Waals surface area (Å²) in [6.07, 6.45) is 0. The number of carbonyl (C=O) groups excluding carboxylic acids is 1. The van der Waals surface area contributed by atoms with E-state index in [-0.39, 0.29) is 5.78 Å². The summed E-state index contributed by atoms with van der Waals surface area (Å²) in [4.78, 5) is 11.5. The molecule has 0 fully saturated rings. The van der Waals surface area contributed by atoms with Crippen molar-refractivity contribution in [3.05, 3.63) is 58.9 Å². The van der Waals surface area contributed by atoms with Gasteiger partial charge in [0.2, 0.25) is 0 Å². The van der Waals surface area contributed by atoms with Crippen LogP contribution in [0.1, 0.15) is 28.4 Å². The Morgan fingerprint density at radius 2 is 1.89 bits per heavy atom. The Kier molecular flexibility index (Phi) is 3.43. The van der Waals surface area contributed by atoms with Crippen LogP contribution in [0, 0.1) is 24.1 Å². The van der Waals surface area contributed by atoms with E-state index >= 15 is 0 Å². The van der Waals surface area contributed by atoms with Crippen molar-refractivity contribution in [2.24, 2.45) is 0 Å². The summed E-state index contributed by atoms with van der Waals surface area (Å²) in [7, 11) is 0. The second-order valence-corrected chi connectivity index (χ2v) is 4.37. The number of hydrogen-bond donors (Lipinski definition) is 0. The highest BCUT2D eigenvalue weighted by Crippen LogP contribution is 2.29. The Morgan fingerprint density at radius 1 is 1.21 bits per heavy atom. The Labute approximate surface area is 111 Å². The van der Waals surface area contributed by atoms with Crippen LogP contribution in [-0.4, -0.2) is 5.78 Å². The molecule has 0 aromatic heterocycles. The zero-order valence-electron chi connectivity index (χ0n) is 10.7. The number of aryl methyl sites for hydroxylation is 1. The molecule has 0 aliphatic carbocycles. The van der Waals surface area contributed by atoms with E-state index in [0.29, 0.717) is 27.8 Å². The molecule has 0 bridgehead atoms. The molecule has 2 aromatic carbocycles. The normalized spacial score (nSPS) is 10.0. The Morgan fingerprint density at radius 3 is 2.53 bits per heavy atom. The van der Waals surface area contributed by atoms with Crippen LogP contribution in [-0.2, 0) is 0 Å². The van der Waals surface area contributed by atoms with Gasteiger partial charge >= 0.3 is 0 Å². The molecule has 0 aliphatic heterocycles. The third-order valence-electron chi connectivity index (χ3n) is 3.00. The summed E-state index contributed by atoms with van der Waals surface area (Å²) in [5.74, 6) is -0.522. The van der Waals surface area contributed by atoms with E-state index < -0.39 is 5.82 Å². The SMILES string of the molecule is CC(=O)c1cc(C)c(F)c(-c2ccccc2C#N)c1. The van der Waals surface area contributed by atoms with E-state index in [1.165, 1.54) is 19.1 Å². The van der Waals surface area contributed by atoms with E-state index in [9.17, 15) is 9.18 Å². The summed E-state index contributed by atoms with van der Waals surface area (Å²) >= 11 is 0. The topological polar surface area (TPSA) is 40.9 Å². The summed E-state index contributed by atoms with van der Waals surface area (Å²) < 4.78 is 14.2. The molecule has 2 nitrogen and oxygen atoms in total. The van der Waals surface area contributed by atoms with Crippen LogP contribution in [0.4, 0.5) is 4.39 Å². The minimum atomic E-state index is -0.396. The largest absolute Gasteiger partial charge is 0.295 e. The predicted molar refractivity (Wildman–Crippen MR) is 71.3 cm³/mol. The average Bonchev–Trinajstić information content (AvgIpc) is 2.41. The summed E-state index contributed by atoms with van der Waals surface area (Å²) in [6, 6.07) is 11.8. The molecule has 0 saturated carbocycles. The predicted octanol–water partition coefficient (Wildman–Crippen LogP) is 3.88. The molecule has 0 radical (unpaired) electrons. The number of nitrogens with zero attached hydrogens (tertiary/aromatic N) is 1. The van der Waals surface area contributed by atoms with Gasteiger partial charge in [-0.05, 0) is 37.6 Å². The zero-order chi connectivity index (χ0) is 14.0. The summed E-state index contributed by atoms with van der Waals surface area (Å²) in [5, 5.41) is 9.08. The summed E-state index contributed by atoms with van der Waals surface area (Å²) in [6.45, 7) is 3.05. The molecule has 0 unspecified atom stereocenters. The van der Waals surface area contributed by atoms with Crippen molar-refractivity contribution in [3.63, 3.8) is 0 Å². The van der Waals surface area contributed by atoms with Gasteiger partial charge in [-0.2, -0.15) is 5.26 Å². The van der Waals surface area contributed by atoms with Gasteiger partial charge in [0, 0.05) is 16.7 Å². The molecule has 2 rings (SSSR count). The number of halogens is 1. The monoisotopic (exact) mass is 253 g/mol. The van der Waals surface area contributed by atoms with Crippen LogP contribution < -0.4 is 0 Å². The molecule has 19 heavy (non-hydrogen) atoms. The lowest BCUT2D eigenvalue weighted by atomic mass is 9.95. The Balaban J connectivity index is 2.75. The van der Waals surface area contributed by atoms with Gasteiger partial charge in [0.05, 0.1) is 11.6 Å². The van der Waals surface area contributed by atoms with Gasteiger partial charge in [0.25, 0.3) is 0 Å². The van der Waals surface area contributed by atoms with Crippen molar-refractivity contribution in [2.75, 3.05) is 0 Å². The van der Waals surface area contributed by atoms with Crippen LogP contribution in [0.2, 0.25) is 0 Å². The molecular weight excluding hydrogens is 241 g/mol. The van der Waals surface area contributed by atoms with Crippen LogP contribution in [0.25, 0.3) is 11.1 Å². The van der Waals surface area contributed by atoms with Crippen LogP contribution in [0.15, 0.2) is 36.4 Å². The third-order valence-corrected chi connectivity index (χ3v) is 3.00. The second-order valence-electron chi connectivity index (χ2n) is 4.37. The molecule has 94 valence electrons. The Hall–Kier alpha value is -2.47. The molecule has 0 atom stereocenters. The zero-order valence-corrected chi connectivity index (χ0v) is 10.7. The first-order valence-electron chi connectivity index (χ1n) is 5.85. The minimum absolute atomic E-state index is 0.126. The van der Waals surface area contributed by atoms with Crippen molar-refractivity contribution in [3.8, 4) is 17.2 Å². The maximum Gasteiger partial charge on any atom is 0.159 e. The first-order valence-corrected chi connectivity index (χ1v) is 5.85. The van der Waals surface area contributed by atoms with Gasteiger partial charge in [-0.3, -0.25) is 4.79 Å². The lowest BCUT2D eigenvalue weighted by Crippen LogP contribution is -1.98. The number of hydrogen-bond acceptors (Lipinski definition) is 2. The highest BCUT2D eigenvalue weighted by Gasteiger charge is 2.14. The number of ketones is 1. The fraction of sp³-hybridized carbons (Fsp3) is 0.125. The van der Waals surface area contributed by atoms with Crippen molar-refractivity contribution >= 4 is 5.78 Å². The van der Waals surface area contributed by atoms with Crippen molar-refractivity contribution in [2.45, 2.75) is 13.8 Å². The van der Waals surface area contributed by atoms with E-state index in [4.69, 9.17) is 5.26 Å². The molecule has 3 heteroatoms. The maximum atomic E-state index is 14.2. The fourth-order valence-electron chi connectivity index (χ4n) is 1.98. The molecule has 0 heterocycles.